The number of hydrogen-bond donors (Lipinski definition) is 1. The van der Waals surface area contributed by atoms with E-state index >= 15 is 0 Å². The Morgan fingerprint density at radius 1 is 1.04 bits per heavy atom. The lowest BCUT2D eigenvalue weighted by Gasteiger charge is -2.60. The van der Waals surface area contributed by atoms with Crippen molar-refractivity contribution in [3.05, 3.63) is 29.8 Å². The highest BCUT2D eigenvalue weighted by atomic mass is 16.5. The van der Waals surface area contributed by atoms with Crippen LogP contribution in [0.2, 0.25) is 0 Å². The van der Waals surface area contributed by atoms with Crippen LogP contribution in [0.1, 0.15) is 55.8 Å². The zero-order valence-electron chi connectivity index (χ0n) is 15.7. The largest absolute Gasteiger partial charge is 0.465 e. The van der Waals surface area contributed by atoms with Crippen molar-refractivity contribution in [3.8, 4) is 5.75 Å². The van der Waals surface area contributed by atoms with Gasteiger partial charge in [-0.2, -0.15) is 0 Å². The first-order valence-electron chi connectivity index (χ1n) is 9.53. The molecular formula is C21H25NO5. The van der Waals surface area contributed by atoms with Crippen LogP contribution in [0.4, 0.5) is 0 Å². The Bertz CT molecular complexity index is 770. The molecule has 4 bridgehead atoms. The third kappa shape index (κ3) is 3.22. The smallest absolute Gasteiger partial charge is 0.337 e. The van der Waals surface area contributed by atoms with Crippen molar-refractivity contribution in [1.82, 2.24) is 5.32 Å². The molecule has 1 N–H and O–H groups in total. The molecule has 2 atom stereocenters. The lowest BCUT2D eigenvalue weighted by molar-refractivity contribution is -0.166. The first-order valence-corrected chi connectivity index (χ1v) is 9.53. The summed E-state index contributed by atoms with van der Waals surface area (Å²) in [6.45, 7) is 1.55. The van der Waals surface area contributed by atoms with Crippen LogP contribution in [0.3, 0.4) is 0 Å². The maximum Gasteiger partial charge on any atom is 0.337 e. The van der Waals surface area contributed by atoms with E-state index in [2.05, 4.69) is 10.1 Å². The van der Waals surface area contributed by atoms with E-state index in [9.17, 15) is 14.4 Å². The zero-order chi connectivity index (χ0) is 19.2. The average molecular weight is 371 g/mol. The summed E-state index contributed by atoms with van der Waals surface area (Å²) in [4.78, 5) is 36.4. The third-order valence-electron chi connectivity index (χ3n) is 6.42. The second kappa shape index (κ2) is 6.36. The van der Waals surface area contributed by atoms with Crippen LogP contribution in [-0.4, -0.2) is 30.5 Å². The van der Waals surface area contributed by atoms with Gasteiger partial charge in [0.15, 0.2) is 0 Å². The molecule has 2 unspecified atom stereocenters. The monoisotopic (exact) mass is 371 g/mol. The van der Waals surface area contributed by atoms with Crippen molar-refractivity contribution in [1.29, 1.82) is 0 Å². The minimum absolute atomic E-state index is 0.0288. The van der Waals surface area contributed by atoms with E-state index < -0.39 is 11.4 Å². The number of esters is 2. The quantitative estimate of drug-likeness (QED) is 0.650. The zero-order valence-corrected chi connectivity index (χ0v) is 15.7. The van der Waals surface area contributed by atoms with Gasteiger partial charge in [-0.3, -0.25) is 9.59 Å². The number of benzene rings is 1. The Morgan fingerprint density at radius 3 is 2.22 bits per heavy atom. The van der Waals surface area contributed by atoms with E-state index in [1.54, 1.807) is 31.2 Å². The molecule has 0 radical (unpaired) electrons. The molecule has 5 rings (SSSR count). The minimum atomic E-state index is -0.520. The molecule has 0 heterocycles. The van der Waals surface area contributed by atoms with Crippen molar-refractivity contribution in [2.24, 2.45) is 17.3 Å². The highest BCUT2D eigenvalue weighted by Crippen LogP contribution is 2.62. The molecule has 0 aromatic heterocycles. The molecule has 4 fully saturated rings. The third-order valence-corrected chi connectivity index (χ3v) is 6.42. The Hall–Kier alpha value is -2.37. The number of rotatable bonds is 4. The van der Waals surface area contributed by atoms with Gasteiger partial charge in [0, 0.05) is 12.5 Å². The van der Waals surface area contributed by atoms with E-state index in [1.165, 1.54) is 7.11 Å². The number of carbonyl (C=O) groups excluding carboxylic acids is 3. The average Bonchev–Trinajstić information content (AvgIpc) is 2.59. The second-order valence-electron chi connectivity index (χ2n) is 8.61. The molecule has 6 nitrogen and oxygen atoms in total. The van der Waals surface area contributed by atoms with Crippen molar-refractivity contribution in [2.45, 2.75) is 51.0 Å². The Labute approximate surface area is 158 Å². The van der Waals surface area contributed by atoms with Crippen LogP contribution >= 0.6 is 0 Å². The molecule has 1 aromatic carbocycles. The highest BCUT2D eigenvalue weighted by molar-refractivity contribution is 5.89. The minimum Gasteiger partial charge on any atom is -0.465 e. The molecule has 4 saturated carbocycles. The maximum atomic E-state index is 13.1. The first kappa shape index (κ1) is 18.0. The van der Waals surface area contributed by atoms with Crippen LogP contribution in [0.5, 0.6) is 5.75 Å². The fourth-order valence-electron chi connectivity index (χ4n) is 6.01. The Kier molecular flexibility index (Phi) is 4.24. The predicted molar refractivity (Wildman–Crippen MR) is 97.1 cm³/mol. The van der Waals surface area contributed by atoms with Gasteiger partial charge in [0.2, 0.25) is 5.91 Å². The molecule has 1 amide bonds. The molecule has 0 spiro atoms. The van der Waals surface area contributed by atoms with E-state index in [1.807, 2.05) is 0 Å². The van der Waals surface area contributed by atoms with Crippen molar-refractivity contribution in [2.75, 3.05) is 7.11 Å². The Balaban J connectivity index is 1.53. The first-order chi connectivity index (χ1) is 12.8. The topological polar surface area (TPSA) is 81.7 Å². The number of hydrogen-bond acceptors (Lipinski definition) is 5. The summed E-state index contributed by atoms with van der Waals surface area (Å²) in [6.07, 6.45) is 5.40. The van der Waals surface area contributed by atoms with Crippen molar-refractivity contribution >= 4 is 17.8 Å². The van der Waals surface area contributed by atoms with Gasteiger partial charge in [-0.05, 0) is 74.6 Å². The Morgan fingerprint density at radius 2 is 1.67 bits per heavy atom. The lowest BCUT2D eigenvalue weighted by Crippen LogP contribution is -2.65. The van der Waals surface area contributed by atoms with Crippen LogP contribution in [-0.2, 0) is 14.3 Å². The molecule has 6 heteroatoms. The fourth-order valence-corrected chi connectivity index (χ4v) is 6.01. The normalized spacial score (nSPS) is 33.4. The molecule has 4 aliphatic carbocycles. The molecule has 4 aliphatic rings. The van der Waals surface area contributed by atoms with Gasteiger partial charge in [-0.25, -0.2) is 4.79 Å². The molecule has 1 aromatic rings. The molecular weight excluding hydrogens is 346 g/mol. The summed E-state index contributed by atoms with van der Waals surface area (Å²) < 4.78 is 10.4. The van der Waals surface area contributed by atoms with Crippen molar-refractivity contribution in [3.63, 3.8) is 0 Å². The molecule has 0 saturated heterocycles. The summed E-state index contributed by atoms with van der Waals surface area (Å²) in [5, 5.41) is 3.16. The number of nitrogens with one attached hydrogen (secondary N) is 1. The second-order valence-corrected chi connectivity index (χ2v) is 8.61. The number of methoxy groups -OCH3 is 1. The van der Waals surface area contributed by atoms with Crippen LogP contribution in [0, 0.1) is 17.3 Å². The summed E-state index contributed by atoms with van der Waals surface area (Å²) in [7, 11) is 1.33. The van der Waals surface area contributed by atoms with E-state index in [0.717, 1.165) is 32.1 Å². The van der Waals surface area contributed by atoms with Gasteiger partial charge in [0.1, 0.15) is 5.75 Å². The number of carbonyl (C=O) groups is 3. The number of ether oxygens (including phenoxy) is 2. The van der Waals surface area contributed by atoms with Gasteiger partial charge in [-0.1, -0.05) is 0 Å². The van der Waals surface area contributed by atoms with E-state index in [4.69, 9.17) is 4.74 Å². The van der Waals surface area contributed by atoms with Crippen LogP contribution in [0.25, 0.3) is 0 Å². The standard InChI is InChI=1S/C21H25NO5/c1-13(23)22-21-10-14-7-15(11-21)9-20(8-14,12-21)19(25)27-17-5-3-16(4-6-17)18(24)26-2/h3-6,14-15H,7-12H2,1-2H3,(H,22,23). The lowest BCUT2D eigenvalue weighted by atomic mass is 9.47. The summed E-state index contributed by atoms with van der Waals surface area (Å²) in [6, 6.07) is 6.42. The molecule has 27 heavy (non-hydrogen) atoms. The van der Waals surface area contributed by atoms with Gasteiger partial charge in [0.25, 0.3) is 0 Å². The van der Waals surface area contributed by atoms with Crippen LogP contribution in [0.15, 0.2) is 24.3 Å². The highest BCUT2D eigenvalue weighted by Gasteiger charge is 2.61. The van der Waals surface area contributed by atoms with Crippen LogP contribution < -0.4 is 10.1 Å². The van der Waals surface area contributed by atoms with Gasteiger partial charge < -0.3 is 14.8 Å². The predicted octanol–water partition coefficient (Wildman–Crippen LogP) is 2.85. The van der Waals surface area contributed by atoms with E-state index in [-0.39, 0.29) is 17.4 Å². The fraction of sp³-hybridized carbons (Fsp3) is 0.571. The molecule has 144 valence electrons. The SMILES string of the molecule is COC(=O)c1ccc(OC(=O)C23CC4CC(CC(NC(C)=O)(C4)C2)C3)cc1. The summed E-state index contributed by atoms with van der Waals surface area (Å²) in [5.41, 5.74) is -0.367. The van der Waals surface area contributed by atoms with Crippen molar-refractivity contribution < 1.29 is 23.9 Å². The summed E-state index contributed by atoms with van der Waals surface area (Å²) >= 11 is 0. The maximum absolute atomic E-state index is 13.1. The van der Waals surface area contributed by atoms with Gasteiger partial charge in [-0.15, -0.1) is 0 Å². The summed E-state index contributed by atoms with van der Waals surface area (Å²) in [5.74, 6) is 0.693. The van der Waals surface area contributed by atoms with E-state index in [0.29, 0.717) is 29.6 Å². The van der Waals surface area contributed by atoms with Gasteiger partial charge >= 0.3 is 11.9 Å². The number of amides is 1. The molecule has 0 aliphatic heterocycles. The van der Waals surface area contributed by atoms with Gasteiger partial charge in [0.05, 0.1) is 18.1 Å².